The Kier molecular flexibility index (Phi) is 4.10. The lowest BCUT2D eigenvalue weighted by molar-refractivity contribution is 0.902. The average molecular weight is 300 g/mol. The van der Waals surface area contributed by atoms with Gasteiger partial charge in [0.25, 0.3) is 0 Å². The highest BCUT2D eigenvalue weighted by atomic mass is 35.5. The summed E-state index contributed by atoms with van der Waals surface area (Å²) in [7, 11) is 0. The topological polar surface area (TPSA) is 38.7 Å². The van der Waals surface area contributed by atoms with Gasteiger partial charge in [-0.05, 0) is 66.9 Å². The van der Waals surface area contributed by atoms with Crippen molar-refractivity contribution in [3.05, 3.63) is 39.4 Å². The highest BCUT2D eigenvalue weighted by Gasteiger charge is 2.10. The van der Waals surface area contributed by atoms with Gasteiger partial charge in [-0.1, -0.05) is 17.7 Å². The summed E-state index contributed by atoms with van der Waals surface area (Å²) in [6.07, 6.45) is 0. The summed E-state index contributed by atoms with van der Waals surface area (Å²) >= 11 is 13.0. The predicted octanol–water partition coefficient (Wildman–Crippen LogP) is 4.25. The van der Waals surface area contributed by atoms with E-state index in [1.165, 1.54) is 28.5 Å². The summed E-state index contributed by atoms with van der Waals surface area (Å²) in [6.45, 7) is 6.20. The smallest absolute Gasteiger partial charge is 0.191 e. The van der Waals surface area contributed by atoms with Crippen molar-refractivity contribution in [2.24, 2.45) is 0 Å². The fourth-order valence-corrected chi connectivity index (χ4v) is 3.12. The fraction of sp³-hybridized carbons (Fsp3) is 0.250. The lowest BCUT2D eigenvalue weighted by Crippen LogP contribution is -1.94. The minimum absolute atomic E-state index is 0.111. The first-order valence-electron chi connectivity index (χ1n) is 5.28. The van der Waals surface area contributed by atoms with Gasteiger partial charge in [-0.15, -0.1) is 0 Å². The number of hydrogen-bond donors (Lipinski definition) is 0. The first-order chi connectivity index (χ1) is 8.45. The third-order valence-corrected chi connectivity index (χ3v) is 3.91. The molecule has 3 nitrogen and oxygen atoms in total. The lowest BCUT2D eigenvalue weighted by atomic mass is 10.1. The molecule has 2 rings (SSSR count). The van der Waals surface area contributed by atoms with E-state index in [1.54, 1.807) is 0 Å². The Morgan fingerprint density at radius 2 is 1.39 bits per heavy atom. The molecule has 0 aliphatic heterocycles. The van der Waals surface area contributed by atoms with Crippen LogP contribution in [0.3, 0.4) is 0 Å². The molecule has 94 valence electrons. The molecule has 2 aromatic rings. The Balaban J connectivity index is 2.40. The third kappa shape index (κ3) is 3.13. The second-order valence-electron chi connectivity index (χ2n) is 3.99. The molecule has 0 atom stereocenters. The summed E-state index contributed by atoms with van der Waals surface area (Å²) in [4.78, 5) is 13.0. The summed E-state index contributed by atoms with van der Waals surface area (Å²) in [5, 5.41) is 0.731. The first-order valence-corrected chi connectivity index (χ1v) is 6.85. The van der Waals surface area contributed by atoms with E-state index in [1.807, 2.05) is 0 Å². The minimum Gasteiger partial charge on any atom is -0.191 e. The molecular weight excluding hydrogens is 289 g/mol. The van der Waals surface area contributed by atoms with Crippen LogP contribution in [-0.4, -0.2) is 15.0 Å². The van der Waals surface area contributed by atoms with Crippen LogP contribution in [0.25, 0.3) is 0 Å². The normalized spacial score (nSPS) is 10.7. The fourth-order valence-electron chi connectivity index (χ4n) is 1.77. The van der Waals surface area contributed by atoms with Gasteiger partial charge >= 0.3 is 0 Å². The minimum atomic E-state index is 0.111. The molecule has 0 bridgehead atoms. The number of aromatic nitrogens is 3. The molecule has 1 aromatic heterocycles. The zero-order valence-electron chi connectivity index (χ0n) is 10.2. The van der Waals surface area contributed by atoms with Gasteiger partial charge in [-0.2, -0.15) is 15.0 Å². The zero-order valence-corrected chi connectivity index (χ0v) is 12.5. The molecule has 6 heteroatoms. The Labute approximate surface area is 120 Å². The van der Waals surface area contributed by atoms with Crippen molar-refractivity contribution < 1.29 is 0 Å². The monoisotopic (exact) mass is 299 g/mol. The van der Waals surface area contributed by atoms with E-state index in [-0.39, 0.29) is 10.6 Å². The SMILES string of the molecule is Cc1cc(C)c(Sc2nc(Cl)nc(Cl)n2)c(C)c1. The van der Waals surface area contributed by atoms with Crippen molar-refractivity contribution in [1.82, 2.24) is 15.0 Å². The quantitative estimate of drug-likeness (QED) is 0.831. The van der Waals surface area contributed by atoms with Gasteiger partial charge in [0, 0.05) is 4.90 Å². The maximum atomic E-state index is 5.76. The van der Waals surface area contributed by atoms with E-state index in [9.17, 15) is 0 Å². The van der Waals surface area contributed by atoms with Crippen LogP contribution in [0.15, 0.2) is 22.2 Å². The molecular formula is C12H11Cl2N3S. The Morgan fingerprint density at radius 1 is 0.889 bits per heavy atom. The molecule has 0 aliphatic rings. The van der Waals surface area contributed by atoms with Crippen LogP contribution in [0.5, 0.6) is 0 Å². The summed E-state index contributed by atoms with van der Waals surface area (Å²) in [5.74, 6) is 0. The molecule has 0 saturated carbocycles. The standard InChI is InChI=1S/C12H11Cl2N3S/c1-6-4-7(2)9(8(3)5-6)18-12-16-10(13)15-11(14)17-12/h4-5H,1-3H3. The van der Waals surface area contributed by atoms with E-state index in [2.05, 4.69) is 47.9 Å². The van der Waals surface area contributed by atoms with E-state index in [0.717, 1.165) is 4.90 Å². The summed E-state index contributed by atoms with van der Waals surface area (Å²) < 4.78 is 0. The summed E-state index contributed by atoms with van der Waals surface area (Å²) in [5.41, 5.74) is 3.61. The predicted molar refractivity (Wildman–Crippen MR) is 74.6 cm³/mol. The van der Waals surface area contributed by atoms with Gasteiger partial charge in [-0.25, -0.2) is 0 Å². The van der Waals surface area contributed by atoms with Gasteiger partial charge in [0.15, 0.2) is 5.16 Å². The second kappa shape index (κ2) is 5.43. The maximum Gasteiger partial charge on any atom is 0.227 e. The van der Waals surface area contributed by atoms with Crippen molar-refractivity contribution in [2.45, 2.75) is 30.8 Å². The maximum absolute atomic E-state index is 5.76. The van der Waals surface area contributed by atoms with E-state index in [4.69, 9.17) is 23.2 Å². The molecule has 0 saturated heterocycles. The third-order valence-electron chi connectivity index (χ3n) is 2.36. The van der Waals surface area contributed by atoms with Crippen molar-refractivity contribution >= 4 is 35.0 Å². The number of halogens is 2. The average Bonchev–Trinajstić information content (AvgIpc) is 2.22. The molecule has 0 spiro atoms. The van der Waals surface area contributed by atoms with E-state index in [0.29, 0.717) is 5.16 Å². The largest absolute Gasteiger partial charge is 0.227 e. The molecule has 0 radical (unpaired) electrons. The number of nitrogens with zero attached hydrogens (tertiary/aromatic N) is 3. The second-order valence-corrected chi connectivity index (χ2v) is 5.64. The first kappa shape index (κ1) is 13.6. The Hall–Kier alpha value is -0.840. The lowest BCUT2D eigenvalue weighted by Gasteiger charge is -2.09. The molecule has 1 aromatic carbocycles. The van der Waals surface area contributed by atoms with Crippen LogP contribution in [0, 0.1) is 20.8 Å². The number of aryl methyl sites for hydroxylation is 3. The molecule has 0 N–H and O–H groups in total. The number of hydrogen-bond acceptors (Lipinski definition) is 4. The van der Waals surface area contributed by atoms with Crippen molar-refractivity contribution in [3.63, 3.8) is 0 Å². The van der Waals surface area contributed by atoms with Crippen LogP contribution in [0.1, 0.15) is 16.7 Å². The van der Waals surface area contributed by atoms with Crippen LogP contribution < -0.4 is 0 Å². The highest BCUT2D eigenvalue weighted by molar-refractivity contribution is 7.99. The number of benzene rings is 1. The molecule has 0 amide bonds. The van der Waals surface area contributed by atoms with Crippen LogP contribution in [0.2, 0.25) is 10.6 Å². The van der Waals surface area contributed by atoms with Gasteiger partial charge in [0.1, 0.15) is 0 Å². The van der Waals surface area contributed by atoms with Gasteiger partial charge < -0.3 is 0 Å². The van der Waals surface area contributed by atoms with Gasteiger partial charge in [-0.3, -0.25) is 0 Å². The number of rotatable bonds is 2. The Bertz CT molecular complexity index is 559. The van der Waals surface area contributed by atoms with Gasteiger partial charge in [0.05, 0.1) is 0 Å². The molecule has 1 heterocycles. The molecule has 0 unspecified atom stereocenters. The van der Waals surface area contributed by atoms with Crippen LogP contribution in [-0.2, 0) is 0 Å². The Morgan fingerprint density at radius 3 is 1.89 bits per heavy atom. The van der Waals surface area contributed by atoms with Crippen LogP contribution in [0.4, 0.5) is 0 Å². The van der Waals surface area contributed by atoms with E-state index >= 15 is 0 Å². The molecule has 18 heavy (non-hydrogen) atoms. The summed E-state index contributed by atoms with van der Waals surface area (Å²) in [6, 6.07) is 4.25. The highest BCUT2D eigenvalue weighted by Crippen LogP contribution is 2.32. The van der Waals surface area contributed by atoms with Crippen molar-refractivity contribution in [3.8, 4) is 0 Å². The van der Waals surface area contributed by atoms with Crippen molar-refractivity contribution in [1.29, 1.82) is 0 Å². The molecule has 0 fully saturated rings. The van der Waals surface area contributed by atoms with Gasteiger partial charge in [0.2, 0.25) is 10.6 Å². The van der Waals surface area contributed by atoms with E-state index < -0.39 is 0 Å². The van der Waals surface area contributed by atoms with Crippen molar-refractivity contribution in [2.75, 3.05) is 0 Å². The van der Waals surface area contributed by atoms with Crippen LogP contribution >= 0.6 is 35.0 Å². The zero-order chi connectivity index (χ0) is 13.3. The molecule has 0 aliphatic carbocycles.